The van der Waals surface area contributed by atoms with Crippen LogP contribution in [0.25, 0.3) is 0 Å². The number of aromatic carboxylic acids is 1. The average molecular weight is 289 g/mol. The maximum atomic E-state index is 12.1. The number of anilines is 1. The number of carboxylic acid groups (broad SMARTS) is 1. The van der Waals surface area contributed by atoms with Gasteiger partial charge in [0.05, 0.1) is 5.69 Å². The van der Waals surface area contributed by atoms with Gasteiger partial charge in [-0.1, -0.05) is 26.0 Å². The lowest BCUT2D eigenvalue weighted by Crippen LogP contribution is -2.13. The number of amides is 1. The number of hydrogen-bond donors (Lipinski definition) is 2. The van der Waals surface area contributed by atoms with Gasteiger partial charge in [-0.05, 0) is 35.1 Å². The van der Waals surface area contributed by atoms with E-state index in [1.54, 1.807) is 23.6 Å². The molecule has 0 saturated heterocycles. The van der Waals surface area contributed by atoms with Crippen molar-refractivity contribution in [2.75, 3.05) is 5.32 Å². The minimum Gasteiger partial charge on any atom is -0.477 e. The molecule has 0 aliphatic heterocycles. The molecule has 0 aliphatic rings. The van der Waals surface area contributed by atoms with E-state index >= 15 is 0 Å². The molecule has 1 aromatic carbocycles. The summed E-state index contributed by atoms with van der Waals surface area (Å²) in [6.45, 7) is 4.17. The largest absolute Gasteiger partial charge is 0.477 e. The predicted molar refractivity (Wildman–Crippen MR) is 79.8 cm³/mol. The summed E-state index contributed by atoms with van der Waals surface area (Å²) in [7, 11) is 0. The number of thiophene rings is 1. The van der Waals surface area contributed by atoms with Gasteiger partial charge < -0.3 is 10.4 Å². The van der Waals surface area contributed by atoms with E-state index in [-0.39, 0.29) is 10.8 Å². The van der Waals surface area contributed by atoms with E-state index in [9.17, 15) is 9.59 Å². The summed E-state index contributed by atoms with van der Waals surface area (Å²) in [4.78, 5) is 23.2. The van der Waals surface area contributed by atoms with Crippen LogP contribution in [0.2, 0.25) is 0 Å². The Bertz CT molecular complexity index is 629. The molecule has 0 aliphatic carbocycles. The van der Waals surface area contributed by atoms with Gasteiger partial charge in [-0.2, -0.15) is 0 Å². The molecule has 2 aromatic rings. The van der Waals surface area contributed by atoms with Gasteiger partial charge in [0.15, 0.2) is 0 Å². The number of nitrogens with one attached hydrogen (secondary N) is 1. The van der Waals surface area contributed by atoms with E-state index in [1.165, 1.54) is 0 Å². The van der Waals surface area contributed by atoms with Crippen molar-refractivity contribution < 1.29 is 14.7 Å². The third kappa shape index (κ3) is 3.05. The second kappa shape index (κ2) is 5.88. The van der Waals surface area contributed by atoms with Gasteiger partial charge in [0.1, 0.15) is 4.88 Å². The van der Waals surface area contributed by atoms with E-state index < -0.39 is 5.97 Å². The van der Waals surface area contributed by atoms with Crippen molar-refractivity contribution in [1.82, 2.24) is 0 Å². The summed E-state index contributed by atoms with van der Waals surface area (Å²) < 4.78 is 0. The zero-order valence-electron chi connectivity index (χ0n) is 11.2. The molecule has 0 bridgehead atoms. The number of benzene rings is 1. The summed E-state index contributed by atoms with van der Waals surface area (Å²) in [5, 5.41) is 13.3. The van der Waals surface area contributed by atoms with Gasteiger partial charge >= 0.3 is 5.97 Å². The molecular weight excluding hydrogens is 274 g/mol. The molecule has 5 heteroatoms. The fraction of sp³-hybridized carbons (Fsp3) is 0.200. The van der Waals surface area contributed by atoms with Gasteiger partial charge in [-0.3, -0.25) is 4.79 Å². The molecule has 0 saturated carbocycles. The van der Waals surface area contributed by atoms with Crippen molar-refractivity contribution >= 4 is 28.9 Å². The van der Waals surface area contributed by atoms with Crippen molar-refractivity contribution in [2.45, 2.75) is 19.8 Å². The standard InChI is InChI=1S/C15H15NO3S/c1-9(2)10-3-5-11(6-4-10)14(17)16-12-7-8-20-13(12)15(18)19/h3-9H,1-2H3,(H,16,17)(H,18,19). The van der Waals surface area contributed by atoms with Crippen LogP contribution in [0.3, 0.4) is 0 Å². The Morgan fingerprint density at radius 1 is 1.15 bits per heavy atom. The first-order valence-corrected chi connectivity index (χ1v) is 7.09. The predicted octanol–water partition coefficient (Wildman–Crippen LogP) is 3.82. The summed E-state index contributed by atoms with van der Waals surface area (Å²) in [5.41, 5.74) is 2.00. The summed E-state index contributed by atoms with van der Waals surface area (Å²) in [5.74, 6) is -0.936. The van der Waals surface area contributed by atoms with E-state index in [0.717, 1.165) is 16.9 Å². The van der Waals surface area contributed by atoms with Gasteiger partial charge in [0, 0.05) is 5.56 Å². The molecule has 0 spiro atoms. The first-order valence-electron chi connectivity index (χ1n) is 6.21. The van der Waals surface area contributed by atoms with E-state index in [4.69, 9.17) is 5.11 Å². The number of carbonyl (C=O) groups is 2. The molecule has 1 amide bonds. The van der Waals surface area contributed by atoms with Crippen LogP contribution in [0.1, 0.15) is 45.4 Å². The van der Waals surface area contributed by atoms with Crippen LogP contribution in [0.5, 0.6) is 0 Å². The molecule has 2 rings (SSSR count). The van der Waals surface area contributed by atoms with Gasteiger partial charge in [0.25, 0.3) is 5.91 Å². The zero-order chi connectivity index (χ0) is 14.7. The number of carbonyl (C=O) groups excluding carboxylic acids is 1. The lowest BCUT2D eigenvalue weighted by atomic mass is 10.0. The quantitative estimate of drug-likeness (QED) is 0.899. The first kappa shape index (κ1) is 14.3. The maximum absolute atomic E-state index is 12.1. The van der Waals surface area contributed by atoms with Crippen molar-refractivity contribution in [3.8, 4) is 0 Å². The number of rotatable bonds is 4. The highest BCUT2D eigenvalue weighted by Crippen LogP contribution is 2.23. The second-order valence-electron chi connectivity index (χ2n) is 4.70. The van der Waals surface area contributed by atoms with E-state index in [2.05, 4.69) is 19.2 Å². The van der Waals surface area contributed by atoms with Crippen LogP contribution in [-0.4, -0.2) is 17.0 Å². The number of carboxylic acids is 1. The monoisotopic (exact) mass is 289 g/mol. The highest BCUT2D eigenvalue weighted by atomic mass is 32.1. The molecule has 4 nitrogen and oxygen atoms in total. The SMILES string of the molecule is CC(C)c1ccc(C(=O)Nc2ccsc2C(=O)O)cc1. The Kier molecular flexibility index (Phi) is 4.20. The van der Waals surface area contributed by atoms with Gasteiger partial charge in [-0.15, -0.1) is 11.3 Å². The normalized spacial score (nSPS) is 10.6. The third-order valence-corrected chi connectivity index (χ3v) is 3.85. The second-order valence-corrected chi connectivity index (χ2v) is 5.62. The molecule has 0 radical (unpaired) electrons. The average Bonchev–Trinajstić information content (AvgIpc) is 2.87. The summed E-state index contributed by atoms with van der Waals surface area (Å²) in [6, 6.07) is 8.90. The zero-order valence-corrected chi connectivity index (χ0v) is 12.0. The minimum atomic E-state index is -1.04. The highest BCUT2D eigenvalue weighted by molar-refractivity contribution is 7.12. The maximum Gasteiger partial charge on any atom is 0.348 e. The first-order chi connectivity index (χ1) is 9.49. The molecule has 2 N–H and O–H groups in total. The van der Waals surface area contributed by atoms with E-state index in [0.29, 0.717) is 17.2 Å². The van der Waals surface area contributed by atoms with Crippen molar-refractivity contribution in [1.29, 1.82) is 0 Å². The van der Waals surface area contributed by atoms with E-state index in [1.807, 2.05) is 12.1 Å². The minimum absolute atomic E-state index is 0.136. The summed E-state index contributed by atoms with van der Waals surface area (Å²) >= 11 is 1.09. The summed E-state index contributed by atoms with van der Waals surface area (Å²) in [6.07, 6.45) is 0. The topological polar surface area (TPSA) is 66.4 Å². The Morgan fingerprint density at radius 3 is 2.35 bits per heavy atom. The van der Waals surface area contributed by atoms with Crippen LogP contribution in [0, 0.1) is 0 Å². The molecule has 20 heavy (non-hydrogen) atoms. The fourth-order valence-corrected chi connectivity index (χ4v) is 2.47. The molecule has 0 unspecified atom stereocenters. The molecule has 0 atom stereocenters. The Balaban J connectivity index is 2.15. The third-order valence-electron chi connectivity index (χ3n) is 2.95. The molecule has 1 aromatic heterocycles. The van der Waals surface area contributed by atoms with Gasteiger partial charge in [-0.25, -0.2) is 4.79 Å². The smallest absolute Gasteiger partial charge is 0.348 e. The van der Waals surface area contributed by atoms with Crippen LogP contribution < -0.4 is 5.32 Å². The van der Waals surface area contributed by atoms with Crippen LogP contribution >= 0.6 is 11.3 Å². The molecule has 1 heterocycles. The highest BCUT2D eigenvalue weighted by Gasteiger charge is 2.15. The fourth-order valence-electron chi connectivity index (χ4n) is 1.79. The van der Waals surface area contributed by atoms with Crippen molar-refractivity contribution in [2.24, 2.45) is 0 Å². The Hall–Kier alpha value is -2.14. The lowest BCUT2D eigenvalue weighted by Gasteiger charge is -2.07. The molecular formula is C15H15NO3S. The van der Waals surface area contributed by atoms with Crippen LogP contribution in [-0.2, 0) is 0 Å². The molecule has 0 fully saturated rings. The Morgan fingerprint density at radius 2 is 1.80 bits per heavy atom. The van der Waals surface area contributed by atoms with Crippen molar-refractivity contribution in [3.63, 3.8) is 0 Å². The van der Waals surface area contributed by atoms with Crippen molar-refractivity contribution in [3.05, 3.63) is 51.7 Å². The van der Waals surface area contributed by atoms with Crippen LogP contribution in [0.4, 0.5) is 5.69 Å². The Labute approximate surface area is 121 Å². The molecule has 104 valence electrons. The van der Waals surface area contributed by atoms with Gasteiger partial charge in [0.2, 0.25) is 0 Å². The number of hydrogen-bond acceptors (Lipinski definition) is 3. The van der Waals surface area contributed by atoms with Crippen LogP contribution in [0.15, 0.2) is 35.7 Å². The lowest BCUT2D eigenvalue weighted by molar-refractivity contribution is 0.0703.